The van der Waals surface area contributed by atoms with Crippen LogP contribution in [0.4, 0.5) is 5.00 Å². The van der Waals surface area contributed by atoms with Crippen molar-refractivity contribution in [3.05, 3.63) is 43.7 Å². The van der Waals surface area contributed by atoms with Crippen LogP contribution in [0.5, 0.6) is 0 Å². The number of aromatic nitrogens is 1. The van der Waals surface area contributed by atoms with E-state index in [1.165, 1.54) is 11.3 Å². The molecule has 0 radical (unpaired) electrons. The van der Waals surface area contributed by atoms with Gasteiger partial charge in [-0.2, -0.15) is 0 Å². The molecule has 0 saturated heterocycles. The molecule has 0 aromatic carbocycles. The molecular weight excluding hydrogens is 258 g/mol. The third kappa shape index (κ3) is 3.58. The van der Waals surface area contributed by atoms with Crippen LogP contribution in [0.3, 0.4) is 0 Å². The molecule has 7 heteroatoms. The second kappa shape index (κ2) is 5.85. The third-order valence-corrected chi connectivity index (χ3v) is 3.84. The fraction of sp³-hybridized carbons (Fsp3) is 0.300. The van der Waals surface area contributed by atoms with Crippen molar-refractivity contribution in [1.29, 1.82) is 0 Å². The van der Waals surface area contributed by atoms with Gasteiger partial charge in [-0.3, -0.25) is 10.1 Å². The molecule has 5 nitrogen and oxygen atoms in total. The molecule has 0 saturated carbocycles. The van der Waals surface area contributed by atoms with Gasteiger partial charge in [-0.15, -0.1) is 11.3 Å². The summed E-state index contributed by atoms with van der Waals surface area (Å²) >= 11 is 2.80. The van der Waals surface area contributed by atoms with Crippen molar-refractivity contribution in [3.8, 4) is 0 Å². The minimum atomic E-state index is -0.358. The van der Waals surface area contributed by atoms with Crippen molar-refractivity contribution in [2.24, 2.45) is 0 Å². The van der Waals surface area contributed by atoms with Crippen LogP contribution in [0.15, 0.2) is 23.0 Å². The predicted molar refractivity (Wildman–Crippen MR) is 68.5 cm³/mol. The molecule has 1 N–H and O–H groups in total. The Morgan fingerprint density at radius 1 is 1.47 bits per heavy atom. The highest BCUT2D eigenvalue weighted by Crippen LogP contribution is 2.23. The van der Waals surface area contributed by atoms with Crippen LogP contribution < -0.4 is 5.32 Å². The van der Waals surface area contributed by atoms with Crippen molar-refractivity contribution < 1.29 is 4.92 Å². The summed E-state index contributed by atoms with van der Waals surface area (Å²) in [5.41, 5.74) is 2.90. The van der Waals surface area contributed by atoms with E-state index in [-0.39, 0.29) is 9.92 Å². The Morgan fingerprint density at radius 3 is 3.00 bits per heavy atom. The zero-order valence-corrected chi connectivity index (χ0v) is 10.6. The van der Waals surface area contributed by atoms with E-state index in [2.05, 4.69) is 10.3 Å². The fourth-order valence-corrected chi connectivity index (χ4v) is 2.73. The van der Waals surface area contributed by atoms with Gasteiger partial charge in [0.15, 0.2) is 0 Å². The van der Waals surface area contributed by atoms with Gasteiger partial charge in [0, 0.05) is 35.8 Å². The van der Waals surface area contributed by atoms with E-state index in [4.69, 9.17) is 0 Å². The lowest BCUT2D eigenvalue weighted by Crippen LogP contribution is -2.15. The number of rotatable bonds is 6. The summed E-state index contributed by atoms with van der Waals surface area (Å²) in [4.78, 5) is 15.3. The van der Waals surface area contributed by atoms with Gasteiger partial charge in [0.05, 0.1) is 16.1 Å². The molecule has 0 atom stereocenters. The number of thiophene rings is 1. The van der Waals surface area contributed by atoms with Gasteiger partial charge in [-0.1, -0.05) is 11.3 Å². The summed E-state index contributed by atoms with van der Waals surface area (Å²) in [5, 5.41) is 16.0. The van der Waals surface area contributed by atoms with Crippen LogP contribution in [0.25, 0.3) is 0 Å². The molecular formula is C10H11N3O2S2. The van der Waals surface area contributed by atoms with Crippen LogP contribution in [0.1, 0.15) is 10.6 Å². The molecule has 0 spiro atoms. The van der Waals surface area contributed by atoms with E-state index >= 15 is 0 Å². The van der Waals surface area contributed by atoms with Crippen molar-refractivity contribution in [2.75, 3.05) is 6.54 Å². The van der Waals surface area contributed by atoms with Crippen LogP contribution in [0.2, 0.25) is 0 Å². The first-order chi connectivity index (χ1) is 8.25. The van der Waals surface area contributed by atoms with Crippen molar-refractivity contribution >= 4 is 27.7 Å². The lowest BCUT2D eigenvalue weighted by atomic mass is 10.3. The molecule has 0 aliphatic carbocycles. The van der Waals surface area contributed by atoms with E-state index in [1.807, 2.05) is 10.9 Å². The fourth-order valence-electron chi connectivity index (χ4n) is 1.35. The summed E-state index contributed by atoms with van der Waals surface area (Å²) in [6.07, 6.45) is 0.886. The lowest BCUT2D eigenvalue weighted by molar-refractivity contribution is -0.380. The molecule has 2 aromatic heterocycles. The van der Waals surface area contributed by atoms with Gasteiger partial charge in [0.25, 0.3) is 0 Å². The van der Waals surface area contributed by atoms with Gasteiger partial charge in [0.2, 0.25) is 0 Å². The second-order valence-corrected chi connectivity index (χ2v) is 5.27. The average Bonchev–Trinajstić information content (AvgIpc) is 2.96. The van der Waals surface area contributed by atoms with E-state index in [0.29, 0.717) is 6.54 Å². The highest BCUT2D eigenvalue weighted by molar-refractivity contribution is 7.15. The minimum absolute atomic E-state index is 0.196. The number of nitrogens with zero attached hydrogens (tertiary/aromatic N) is 2. The molecule has 0 bridgehead atoms. The van der Waals surface area contributed by atoms with Gasteiger partial charge in [-0.05, 0) is 6.07 Å². The third-order valence-electron chi connectivity index (χ3n) is 2.17. The summed E-state index contributed by atoms with van der Waals surface area (Å²) in [6, 6.07) is 3.33. The number of nitro groups is 1. The Balaban J connectivity index is 1.72. The van der Waals surface area contributed by atoms with E-state index < -0.39 is 0 Å². The zero-order chi connectivity index (χ0) is 12.1. The van der Waals surface area contributed by atoms with Gasteiger partial charge >= 0.3 is 5.00 Å². The Bertz CT molecular complexity index is 481. The molecule has 90 valence electrons. The normalized spacial score (nSPS) is 10.6. The number of thiazole rings is 1. The molecule has 0 fully saturated rings. The molecule has 2 aromatic rings. The first-order valence-corrected chi connectivity index (χ1v) is 6.82. The van der Waals surface area contributed by atoms with Crippen LogP contribution in [-0.2, 0) is 13.0 Å². The second-order valence-electron chi connectivity index (χ2n) is 3.40. The SMILES string of the molecule is O=[N+]([O-])c1ccc(CNCCc2cscn2)s1. The first kappa shape index (κ1) is 12.2. The molecule has 0 aliphatic rings. The Labute approximate surface area is 106 Å². The lowest BCUT2D eigenvalue weighted by Gasteiger charge is -2.00. The topological polar surface area (TPSA) is 68.1 Å². The van der Waals surface area contributed by atoms with Crippen molar-refractivity contribution in [3.63, 3.8) is 0 Å². The van der Waals surface area contributed by atoms with Crippen LogP contribution in [0, 0.1) is 10.1 Å². The van der Waals surface area contributed by atoms with Gasteiger partial charge < -0.3 is 5.32 Å². The predicted octanol–water partition coefficient (Wildman–Crippen LogP) is 2.45. The minimum Gasteiger partial charge on any atom is -0.311 e. The average molecular weight is 269 g/mol. The largest absolute Gasteiger partial charge is 0.324 e. The molecule has 0 aliphatic heterocycles. The summed E-state index contributed by atoms with van der Waals surface area (Å²) in [7, 11) is 0. The summed E-state index contributed by atoms with van der Waals surface area (Å²) < 4.78 is 0. The maximum absolute atomic E-state index is 10.5. The molecule has 0 amide bonds. The molecule has 2 heterocycles. The number of hydrogen-bond donors (Lipinski definition) is 1. The zero-order valence-electron chi connectivity index (χ0n) is 8.96. The Morgan fingerprint density at radius 2 is 2.35 bits per heavy atom. The highest BCUT2D eigenvalue weighted by Gasteiger charge is 2.08. The molecule has 2 rings (SSSR count). The molecule has 17 heavy (non-hydrogen) atoms. The monoisotopic (exact) mass is 269 g/mol. The Kier molecular flexibility index (Phi) is 4.18. The van der Waals surface area contributed by atoms with Gasteiger partial charge in [-0.25, -0.2) is 4.98 Å². The van der Waals surface area contributed by atoms with Crippen molar-refractivity contribution in [2.45, 2.75) is 13.0 Å². The molecule has 0 unspecified atom stereocenters. The van der Waals surface area contributed by atoms with E-state index in [1.54, 1.807) is 23.5 Å². The van der Waals surface area contributed by atoms with Crippen molar-refractivity contribution in [1.82, 2.24) is 10.3 Å². The smallest absolute Gasteiger partial charge is 0.311 e. The summed E-state index contributed by atoms with van der Waals surface area (Å²) in [6.45, 7) is 1.50. The maximum Gasteiger partial charge on any atom is 0.324 e. The number of hydrogen-bond acceptors (Lipinski definition) is 6. The number of nitrogens with one attached hydrogen (secondary N) is 1. The van der Waals surface area contributed by atoms with E-state index in [0.717, 1.165) is 23.5 Å². The standard InChI is InChI=1S/C10H11N3O2S2/c14-13(15)10-2-1-9(17-10)5-11-4-3-8-6-16-7-12-8/h1-2,6-7,11H,3-5H2. The first-order valence-electron chi connectivity index (χ1n) is 5.06. The highest BCUT2D eigenvalue weighted by atomic mass is 32.1. The van der Waals surface area contributed by atoms with Crippen LogP contribution >= 0.6 is 22.7 Å². The quantitative estimate of drug-likeness (QED) is 0.497. The summed E-state index contributed by atoms with van der Waals surface area (Å²) in [5.74, 6) is 0. The maximum atomic E-state index is 10.5. The van der Waals surface area contributed by atoms with Crippen LogP contribution in [-0.4, -0.2) is 16.5 Å². The van der Waals surface area contributed by atoms with Gasteiger partial charge in [0.1, 0.15) is 0 Å². The Hall–Kier alpha value is -1.31. The van der Waals surface area contributed by atoms with E-state index in [9.17, 15) is 10.1 Å².